The summed E-state index contributed by atoms with van der Waals surface area (Å²) in [5.41, 5.74) is 1.03. The zero-order chi connectivity index (χ0) is 11.8. The van der Waals surface area contributed by atoms with Gasteiger partial charge in [0.15, 0.2) is 0 Å². The molecule has 0 amide bonds. The van der Waals surface area contributed by atoms with E-state index in [0.29, 0.717) is 6.54 Å². The molecule has 2 N–H and O–H groups in total. The molecule has 90 valence electrons. The Labute approximate surface area is 97.3 Å². The molecule has 0 fully saturated rings. The first-order valence-corrected chi connectivity index (χ1v) is 5.75. The van der Waals surface area contributed by atoms with Crippen LogP contribution in [0.5, 0.6) is 0 Å². The predicted molar refractivity (Wildman–Crippen MR) is 66.4 cm³/mol. The van der Waals surface area contributed by atoms with Crippen molar-refractivity contribution in [2.24, 2.45) is 0 Å². The number of aliphatic hydroxyl groups excluding tert-OH is 1. The van der Waals surface area contributed by atoms with Crippen molar-refractivity contribution < 1.29 is 5.11 Å². The average Bonchev–Trinajstić information content (AvgIpc) is 2.27. The van der Waals surface area contributed by atoms with Gasteiger partial charge in [0.1, 0.15) is 5.82 Å². The molecule has 1 heterocycles. The Hall–Kier alpha value is -1.13. The van der Waals surface area contributed by atoms with E-state index in [2.05, 4.69) is 17.2 Å². The van der Waals surface area contributed by atoms with Gasteiger partial charge in [-0.15, -0.1) is 0 Å². The number of hydrogen-bond donors (Lipinski definition) is 2. The van der Waals surface area contributed by atoms with Gasteiger partial charge in [0, 0.05) is 19.6 Å². The Bertz CT molecular complexity index is 304. The van der Waals surface area contributed by atoms with Crippen molar-refractivity contribution in [2.75, 3.05) is 32.1 Å². The van der Waals surface area contributed by atoms with Crippen LogP contribution in [0.15, 0.2) is 18.2 Å². The number of hydrogen-bond acceptors (Lipinski definition) is 4. The molecular weight excluding hydrogens is 202 g/mol. The number of rotatable bonds is 7. The summed E-state index contributed by atoms with van der Waals surface area (Å²) in [6.45, 7) is 4.70. The summed E-state index contributed by atoms with van der Waals surface area (Å²) in [7, 11) is 1.98. The molecule has 1 aromatic rings. The molecule has 1 aromatic heterocycles. The molecule has 0 saturated carbocycles. The van der Waals surface area contributed by atoms with Gasteiger partial charge in [-0.3, -0.25) is 4.90 Å². The van der Waals surface area contributed by atoms with Gasteiger partial charge in [-0.2, -0.15) is 0 Å². The van der Waals surface area contributed by atoms with E-state index in [9.17, 15) is 0 Å². The van der Waals surface area contributed by atoms with E-state index in [1.807, 2.05) is 30.1 Å². The number of nitrogens with one attached hydrogen (secondary N) is 1. The number of aliphatic hydroxyl groups is 1. The number of likely N-dealkylation sites (N-methyl/N-ethyl adjacent to an activating group) is 1. The van der Waals surface area contributed by atoms with Crippen molar-refractivity contribution in [1.82, 2.24) is 9.88 Å². The summed E-state index contributed by atoms with van der Waals surface area (Å²) in [6, 6.07) is 5.99. The third kappa shape index (κ3) is 4.59. The third-order valence-corrected chi connectivity index (χ3v) is 2.28. The molecule has 0 aromatic carbocycles. The zero-order valence-electron chi connectivity index (χ0n) is 10.1. The van der Waals surface area contributed by atoms with Crippen LogP contribution in [0.25, 0.3) is 0 Å². The number of nitrogens with zero attached hydrogens (tertiary/aromatic N) is 2. The van der Waals surface area contributed by atoms with Crippen LogP contribution in [0.1, 0.15) is 19.0 Å². The predicted octanol–water partition coefficient (Wildman–Crippen LogP) is 1.33. The lowest BCUT2D eigenvalue weighted by atomic mass is 10.3. The molecule has 0 radical (unpaired) electrons. The van der Waals surface area contributed by atoms with E-state index < -0.39 is 0 Å². The van der Waals surface area contributed by atoms with E-state index in [4.69, 9.17) is 5.11 Å². The van der Waals surface area contributed by atoms with Crippen molar-refractivity contribution in [2.45, 2.75) is 19.9 Å². The van der Waals surface area contributed by atoms with Gasteiger partial charge >= 0.3 is 0 Å². The molecule has 0 atom stereocenters. The maximum Gasteiger partial charge on any atom is 0.126 e. The summed E-state index contributed by atoms with van der Waals surface area (Å²) < 4.78 is 0. The molecule has 0 aliphatic carbocycles. The molecule has 16 heavy (non-hydrogen) atoms. The van der Waals surface area contributed by atoms with Crippen LogP contribution in [-0.2, 0) is 6.54 Å². The van der Waals surface area contributed by atoms with Crippen LogP contribution in [0.3, 0.4) is 0 Å². The van der Waals surface area contributed by atoms with E-state index in [1.165, 1.54) is 0 Å². The number of anilines is 1. The molecule has 4 nitrogen and oxygen atoms in total. The van der Waals surface area contributed by atoms with Crippen molar-refractivity contribution in [3.63, 3.8) is 0 Å². The van der Waals surface area contributed by atoms with Crippen LogP contribution in [0.4, 0.5) is 5.82 Å². The summed E-state index contributed by atoms with van der Waals surface area (Å²) in [6.07, 6.45) is 1.09. The second-order valence-corrected chi connectivity index (χ2v) is 3.90. The van der Waals surface area contributed by atoms with E-state index in [1.54, 1.807) is 0 Å². The van der Waals surface area contributed by atoms with Crippen LogP contribution in [0, 0.1) is 0 Å². The minimum Gasteiger partial charge on any atom is -0.395 e. The maximum atomic E-state index is 8.81. The minimum absolute atomic E-state index is 0.185. The molecule has 0 spiro atoms. The van der Waals surface area contributed by atoms with Crippen molar-refractivity contribution in [3.05, 3.63) is 23.9 Å². The first kappa shape index (κ1) is 12.9. The Morgan fingerprint density at radius 1 is 1.44 bits per heavy atom. The summed E-state index contributed by atoms with van der Waals surface area (Å²) >= 11 is 0. The molecule has 1 rings (SSSR count). The van der Waals surface area contributed by atoms with Crippen molar-refractivity contribution in [1.29, 1.82) is 0 Å². The second kappa shape index (κ2) is 7.19. The largest absolute Gasteiger partial charge is 0.395 e. The molecule has 4 heteroatoms. The number of aromatic nitrogens is 1. The van der Waals surface area contributed by atoms with Crippen LogP contribution in [-0.4, -0.2) is 41.7 Å². The summed E-state index contributed by atoms with van der Waals surface area (Å²) in [5.74, 6) is 0.928. The lowest BCUT2D eigenvalue weighted by molar-refractivity contribution is 0.216. The Morgan fingerprint density at radius 2 is 2.25 bits per heavy atom. The van der Waals surface area contributed by atoms with Crippen LogP contribution in [0.2, 0.25) is 0 Å². The van der Waals surface area contributed by atoms with Gasteiger partial charge in [0.05, 0.1) is 12.3 Å². The van der Waals surface area contributed by atoms with Gasteiger partial charge in [-0.25, -0.2) is 4.98 Å². The second-order valence-electron chi connectivity index (χ2n) is 3.90. The molecular formula is C12H21N3O. The first-order chi connectivity index (χ1) is 7.76. The summed E-state index contributed by atoms with van der Waals surface area (Å²) in [4.78, 5) is 6.55. The third-order valence-electron chi connectivity index (χ3n) is 2.28. The fraction of sp³-hybridized carbons (Fsp3) is 0.583. The first-order valence-electron chi connectivity index (χ1n) is 5.75. The Morgan fingerprint density at radius 3 is 2.94 bits per heavy atom. The quantitative estimate of drug-likeness (QED) is 0.732. The highest BCUT2D eigenvalue weighted by Crippen LogP contribution is 2.06. The van der Waals surface area contributed by atoms with E-state index in [0.717, 1.165) is 31.0 Å². The van der Waals surface area contributed by atoms with Gasteiger partial charge in [0.25, 0.3) is 0 Å². The molecule has 0 bridgehead atoms. The van der Waals surface area contributed by atoms with Crippen LogP contribution < -0.4 is 5.32 Å². The van der Waals surface area contributed by atoms with Gasteiger partial charge in [-0.05, 0) is 25.6 Å². The molecule has 0 saturated heterocycles. The minimum atomic E-state index is 0.185. The molecule has 0 unspecified atom stereocenters. The van der Waals surface area contributed by atoms with Crippen molar-refractivity contribution >= 4 is 5.82 Å². The highest BCUT2D eigenvalue weighted by Gasteiger charge is 2.01. The Balaban J connectivity index is 2.52. The SMILES string of the molecule is CCCNc1cccc(CN(C)CCO)n1. The smallest absolute Gasteiger partial charge is 0.126 e. The number of pyridine rings is 1. The molecule has 0 aliphatic heterocycles. The maximum absolute atomic E-state index is 8.81. The highest BCUT2D eigenvalue weighted by molar-refractivity contribution is 5.35. The standard InChI is InChI=1S/C12H21N3O/c1-3-7-13-12-6-4-5-11(14-12)10-15(2)8-9-16/h4-6,16H,3,7-10H2,1-2H3,(H,13,14). The van der Waals surface area contributed by atoms with Crippen molar-refractivity contribution in [3.8, 4) is 0 Å². The normalized spacial score (nSPS) is 10.8. The van der Waals surface area contributed by atoms with Crippen LogP contribution >= 0.6 is 0 Å². The lowest BCUT2D eigenvalue weighted by Crippen LogP contribution is -2.22. The molecule has 0 aliphatic rings. The van der Waals surface area contributed by atoms with E-state index >= 15 is 0 Å². The summed E-state index contributed by atoms with van der Waals surface area (Å²) in [5, 5.41) is 12.1. The Kier molecular flexibility index (Phi) is 5.82. The van der Waals surface area contributed by atoms with E-state index in [-0.39, 0.29) is 6.61 Å². The van der Waals surface area contributed by atoms with Gasteiger partial charge in [-0.1, -0.05) is 13.0 Å². The topological polar surface area (TPSA) is 48.4 Å². The average molecular weight is 223 g/mol. The zero-order valence-corrected chi connectivity index (χ0v) is 10.1. The monoisotopic (exact) mass is 223 g/mol. The fourth-order valence-corrected chi connectivity index (χ4v) is 1.45. The van der Waals surface area contributed by atoms with Gasteiger partial charge < -0.3 is 10.4 Å². The fourth-order valence-electron chi connectivity index (χ4n) is 1.45. The highest BCUT2D eigenvalue weighted by atomic mass is 16.3. The van der Waals surface area contributed by atoms with Gasteiger partial charge in [0.2, 0.25) is 0 Å². The lowest BCUT2D eigenvalue weighted by Gasteiger charge is -2.15.